The number of urea groups is 1. The first kappa shape index (κ1) is 20.6. The van der Waals surface area contributed by atoms with Gasteiger partial charge in [-0.15, -0.1) is 11.3 Å². The number of rotatable bonds is 6. The van der Waals surface area contributed by atoms with E-state index in [1.165, 1.54) is 11.3 Å². The molecule has 3 amide bonds. The van der Waals surface area contributed by atoms with Gasteiger partial charge in [-0.25, -0.2) is 9.78 Å². The van der Waals surface area contributed by atoms with Crippen molar-refractivity contribution in [2.75, 3.05) is 18.4 Å². The third-order valence-electron chi connectivity index (χ3n) is 4.21. The van der Waals surface area contributed by atoms with Gasteiger partial charge in [-0.2, -0.15) is 0 Å². The van der Waals surface area contributed by atoms with Crippen LogP contribution in [0.3, 0.4) is 0 Å². The van der Waals surface area contributed by atoms with Crippen LogP contribution in [0.4, 0.5) is 9.93 Å². The van der Waals surface area contributed by atoms with Crippen molar-refractivity contribution < 1.29 is 9.59 Å². The van der Waals surface area contributed by atoms with Crippen LogP contribution in [-0.4, -0.2) is 57.9 Å². The molecule has 0 aromatic carbocycles. The Hall–Kier alpha value is -1.67. The van der Waals surface area contributed by atoms with Gasteiger partial charge in [0, 0.05) is 42.5 Å². The van der Waals surface area contributed by atoms with Crippen LogP contribution >= 0.6 is 11.3 Å². The summed E-state index contributed by atoms with van der Waals surface area (Å²) in [7, 11) is 0. The molecule has 0 radical (unpaired) electrons. The van der Waals surface area contributed by atoms with Crippen LogP contribution in [0.2, 0.25) is 0 Å². The van der Waals surface area contributed by atoms with E-state index in [4.69, 9.17) is 0 Å². The Bertz CT molecular complexity index is 634. The van der Waals surface area contributed by atoms with Crippen LogP contribution in [0.25, 0.3) is 0 Å². The smallest absolute Gasteiger partial charge is 0.321 e. The molecule has 2 heterocycles. The Kier molecular flexibility index (Phi) is 7.00. The zero-order valence-electron chi connectivity index (χ0n) is 16.6. The topological polar surface area (TPSA) is 77.6 Å². The molecule has 7 nitrogen and oxygen atoms in total. The Morgan fingerprint density at radius 1 is 1.19 bits per heavy atom. The van der Waals surface area contributed by atoms with Crippen LogP contribution in [0.1, 0.15) is 52.1 Å². The summed E-state index contributed by atoms with van der Waals surface area (Å²) in [5.74, 6) is 0.164. The number of fused-ring (bicyclic) bond motifs is 1. The van der Waals surface area contributed by atoms with Crippen molar-refractivity contribution in [3.8, 4) is 0 Å². The summed E-state index contributed by atoms with van der Waals surface area (Å²) in [6, 6.07) is 0.238. The fourth-order valence-electron chi connectivity index (χ4n) is 3.28. The van der Waals surface area contributed by atoms with Gasteiger partial charge in [0.05, 0.1) is 12.2 Å². The second-order valence-electron chi connectivity index (χ2n) is 7.59. The molecule has 0 saturated heterocycles. The van der Waals surface area contributed by atoms with Gasteiger partial charge in [0.15, 0.2) is 5.13 Å². The largest absolute Gasteiger partial charge is 0.337 e. The molecule has 26 heavy (non-hydrogen) atoms. The van der Waals surface area contributed by atoms with Crippen molar-refractivity contribution in [1.29, 1.82) is 0 Å². The molecule has 2 N–H and O–H groups in total. The van der Waals surface area contributed by atoms with Gasteiger partial charge in [0.1, 0.15) is 0 Å². The van der Waals surface area contributed by atoms with Gasteiger partial charge in [0.25, 0.3) is 0 Å². The summed E-state index contributed by atoms with van der Waals surface area (Å²) in [4.78, 5) is 34.3. The lowest BCUT2D eigenvalue weighted by molar-refractivity contribution is -0.136. The third-order valence-corrected chi connectivity index (χ3v) is 5.21. The van der Waals surface area contributed by atoms with Gasteiger partial charge >= 0.3 is 6.03 Å². The molecule has 0 spiro atoms. The van der Waals surface area contributed by atoms with Crippen LogP contribution in [0.15, 0.2) is 0 Å². The Morgan fingerprint density at radius 3 is 2.42 bits per heavy atom. The summed E-state index contributed by atoms with van der Waals surface area (Å²) < 4.78 is 0. The van der Waals surface area contributed by atoms with Crippen molar-refractivity contribution in [3.05, 3.63) is 10.6 Å². The minimum atomic E-state index is -0.234. The Morgan fingerprint density at radius 2 is 1.85 bits per heavy atom. The maximum atomic E-state index is 12.7. The number of thiazole rings is 1. The lowest BCUT2D eigenvalue weighted by Gasteiger charge is -2.34. The first-order chi connectivity index (χ1) is 12.2. The van der Waals surface area contributed by atoms with Crippen molar-refractivity contribution in [1.82, 2.24) is 20.1 Å². The number of amides is 3. The number of nitrogens with zero attached hydrogens (tertiary/aromatic N) is 3. The van der Waals surface area contributed by atoms with E-state index in [9.17, 15) is 9.59 Å². The van der Waals surface area contributed by atoms with E-state index < -0.39 is 0 Å². The van der Waals surface area contributed by atoms with Crippen LogP contribution in [0.5, 0.6) is 0 Å². The molecule has 146 valence electrons. The summed E-state index contributed by atoms with van der Waals surface area (Å²) in [6.45, 7) is 14.0. The lowest BCUT2D eigenvalue weighted by Crippen LogP contribution is -2.47. The molecular formula is C18H31N5O2S. The first-order valence-corrected chi connectivity index (χ1v) is 10.1. The molecule has 1 aliphatic heterocycles. The van der Waals surface area contributed by atoms with Crippen molar-refractivity contribution in [2.45, 2.75) is 72.6 Å². The SMILES string of the molecule is CC(C)NC(=O)Nc1nc2c(s1)CN(CC(=O)N(C(C)C)C(C)C)CC2. The van der Waals surface area contributed by atoms with E-state index in [2.05, 4.69) is 48.2 Å². The van der Waals surface area contributed by atoms with Crippen LogP contribution in [0, 0.1) is 0 Å². The molecule has 0 atom stereocenters. The molecule has 0 bridgehead atoms. The predicted molar refractivity (Wildman–Crippen MR) is 106 cm³/mol. The highest BCUT2D eigenvalue weighted by atomic mass is 32.1. The van der Waals surface area contributed by atoms with Gasteiger partial charge < -0.3 is 10.2 Å². The second-order valence-corrected chi connectivity index (χ2v) is 8.67. The molecule has 0 saturated carbocycles. The number of hydrogen-bond donors (Lipinski definition) is 2. The number of carbonyl (C=O) groups is 2. The summed E-state index contributed by atoms with van der Waals surface area (Å²) in [5, 5.41) is 6.21. The minimum absolute atomic E-state index is 0.0796. The average molecular weight is 382 g/mol. The quantitative estimate of drug-likeness (QED) is 0.794. The van der Waals surface area contributed by atoms with E-state index in [-0.39, 0.29) is 30.1 Å². The first-order valence-electron chi connectivity index (χ1n) is 9.27. The van der Waals surface area contributed by atoms with Gasteiger partial charge in [-0.3, -0.25) is 15.0 Å². The fourth-order valence-corrected chi connectivity index (χ4v) is 4.32. The van der Waals surface area contributed by atoms with E-state index in [1.54, 1.807) is 0 Å². The molecule has 8 heteroatoms. The summed E-state index contributed by atoms with van der Waals surface area (Å²) in [6.07, 6.45) is 0.802. The standard InChI is InChI=1S/C18H31N5O2S/c1-11(2)19-17(25)21-18-20-14-7-8-22(9-15(14)26-18)10-16(24)23(12(3)4)13(5)6/h11-13H,7-10H2,1-6H3,(H2,19,20,21,25). The highest BCUT2D eigenvalue weighted by Crippen LogP contribution is 2.28. The van der Waals surface area contributed by atoms with E-state index >= 15 is 0 Å². The molecule has 0 unspecified atom stereocenters. The zero-order chi connectivity index (χ0) is 19.4. The van der Waals surface area contributed by atoms with Gasteiger partial charge in [0.2, 0.25) is 5.91 Å². The molecule has 1 aromatic heterocycles. The number of carbonyl (C=O) groups excluding carboxylic acids is 2. The monoisotopic (exact) mass is 381 g/mol. The van der Waals surface area contributed by atoms with Gasteiger partial charge in [-0.05, 0) is 41.5 Å². The maximum absolute atomic E-state index is 12.7. The molecule has 1 aromatic rings. The zero-order valence-corrected chi connectivity index (χ0v) is 17.4. The van der Waals surface area contributed by atoms with Crippen LogP contribution in [-0.2, 0) is 17.8 Å². The minimum Gasteiger partial charge on any atom is -0.337 e. The number of nitrogens with one attached hydrogen (secondary N) is 2. The molecule has 0 fully saturated rings. The summed E-state index contributed by atoms with van der Waals surface area (Å²) in [5.41, 5.74) is 1.03. The number of hydrogen-bond acceptors (Lipinski definition) is 5. The van der Waals surface area contributed by atoms with Crippen molar-refractivity contribution in [3.63, 3.8) is 0 Å². The fraction of sp³-hybridized carbons (Fsp3) is 0.722. The van der Waals surface area contributed by atoms with Crippen molar-refractivity contribution >= 4 is 28.4 Å². The Balaban J connectivity index is 1.97. The predicted octanol–water partition coefficient (Wildman–Crippen LogP) is 2.68. The third kappa shape index (κ3) is 5.41. The highest BCUT2D eigenvalue weighted by Gasteiger charge is 2.26. The molecular weight excluding hydrogens is 350 g/mol. The second kappa shape index (κ2) is 8.81. The van der Waals surface area contributed by atoms with Crippen LogP contribution < -0.4 is 10.6 Å². The normalized spacial score (nSPS) is 14.7. The number of aromatic nitrogens is 1. The molecule has 2 rings (SSSR count). The average Bonchev–Trinajstić information content (AvgIpc) is 2.86. The van der Waals surface area contributed by atoms with E-state index in [0.717, 1.165) is 23.5 Å². The Labute approximate surface area is 160 Å². The van der Waals surface area contributed by atoms with Gasteiger partial charge in [-0.1, -0.05) is 0 Å². The van der Waals surface area contributed by atoms with Crippen molar-refractivity contribution in [2.24, 2.45) is 0 Å². The lowest BCUT2D eigenvalue weighted by atomic mass is 10.1. The summed E-state index contributed by atoms with van der Waals surface area (Å²) >= 11 is 1.49. The van der Waals surface area contributed by atoms with E-state index in [0.29, 0.717) is 18.2 Å². The highest BCUT2D eigenvalue weighted by molar-refractivity contribution is 7.15. The number of anilines is 1. The molecule has 1 aliphatic rings. The molecule has 0 aliphatic carbocycles. The van der Waals surface area contributed by atoms with E-state index in [1.807, 2.05) is 18.7 Å². The maximum Gasteiger partial charge on any atom is 0.321 e.